The molecule has 0 radical (unpaired) electrons. The van der Waals surface area contributed by atoms with Crippen LogP contribution < -0.4 is 5.32 Å². The minimum Gasteiger partial charge on any atom is -0.396 e. The molecule has 0 saturated carbocycles. The number of hydrogen-bond acceptors (Lipinski definition) is 2. The predicted octanol–water partition coefficient (Wildman–Crippen LogP) is 1.01. The second kappa shape index (κ2) is 7.15. The highest BCUT2D eigenvalue weighted by Gasteiger charge is 2.10. The summed E-state index contributed by atoms with van der Waals surface area (Å²) in [5.74, 6) is 6.33. The minimum absolute atomic E-state index is 0.245. The first-order valence-corrected chi connectivity index (χ1v) is 4.46. The molecule has 1 unspecified atom stereocenters. The molecular weight excluding hydrogens is 150 g/mol. The average molecular weight is 169 g/mol. The average Bonchev–Trinajstić information content (AvgIpc) is 2.03. The summed E-state index contributed by atoms with van der Waals surface area (Å²) in [4.78, 5) is 0. The molecule has 0 aromatic carbocycles. The van der Waals surface area contributed by atoms with Crippen molar-refractivity contribution in [2.24, 2.45) is 5.92 Å². The Morgan fingerprint density at radius 1 is 1.42 bits per heavy atom. The fourth-order valence-corrected chi connectivity index (χ4v) is 1.08. The van der Waals surface area contributed by atoms with E-state index in [-0.39, 0.29) is 6.61 Å². The number of aliphatic hydroxyl groups excluding tert-OH is 1. The molecule has 0 aliphatic carbocycles. The fourth-order valence-electron chi connectivity index (χ4n) is 1.08. The molecule has 0 aliphatic heterocycles. The molecular formula is C10H19NO. The lowest BCUT2D eigenvalue weighted by Crippen LogP contribution is -2.34. The van der Waals surface area contributed by atoms with Crippen LogP contribution in [0.5, 0.6) is 0 Å². The minimum atomic E-state index is 0.245. The highest BCUT2D eigenvalue weighted by atomic mass is 16.3. The van der Waals surface area contributed by atoms with Crippen LogP contribution >= 0.6 is 0 Å². The van der Waals surface area contributed by atoms with Crippen LogP contribution in [-0.2, 0) is 0 Å². The molecule has 2 nitrogen and oxygen atoms in total. The Morgan fingerprint density at radius 3 is 2.50 bits per heavy atom. The Bertz CT molecular complexity index is 155. The van der Waals surface area contributed by atoms with E-state index >= 15 is 0 Å². The standard InChI is InChI=1S/C10H19NO/c1-4-5-7-11-10(6-8-12)9(2)3/h9-12H,6-8H2,1-3H3. The lowest BCUT2D eigenvalue weighted by atomic mass is 10.0. The Balaban J connectivity index is 3.68. The highest BCUT2D eigenvalue weighted by Crippen LogP contribution is 2.04. The predicted molar refractivity (Wildman–Crippen MR) is 51.8 cm³/mol. The van der Waals surface area contributed by atoms with Gasteiger partial charge in [-0.05, 0) is 19.3 Å². The zero-order chi connectivity index (χ0) is 9.40. The van der Waals surface area contributed by atoms with Gasteiger partial charge in [-0.1, -0.05) is 19.8 Å². The first-order valence-electron chi connectivity index (χ1n) is 4.46. The van der Waals surface area contributed by atoms with Crippen molar-refractivity contribution in [3.63, 3.8) is 0 Å². The molecule has 0 saturated heterocycles. The van der Waals surface area contributed by atoms with Crippen molar-refractivity contribution in [3.05, 3.63) is 0 Å². The van der Waals surface area contributed by atoms with Gasteiger partial charge in [0.05, 0.1) is 6.54 Å². The number of hydrogen-bond donors (Lipinski definition) is 2. The van der Waals surface area contributed by atoms with Gasteiger partial charge in [-0.15, -0.1) is 5.92 Å². The van der Waals surface area contributed by atoms with Crippen molar-refractivity contribution in [1.29, 1.82) is 0 Å². The monoisotopic (exact) mass is 169 g/mol. The van der Waals surface area contributed by atoms with Crippen LogP contribution in [0.15, 0.2) is 0 Å². The van der Waals surface area contributed by atoms with Crippen LogP contribution in [0.25, 0.3) is 0 Å². The Labute approximate surface area is 75.4 Å². The topological polar surface area (TPSA) is 32.3 Å². The molecule has 0 aliphatic rings. The molecule has 70 valence electrons. The van der Waals surface area contributed by atoms with Crippen LogP contribution in [0.2, 0.25) is 0 Å². The number of nitrogens with one attached hydrogen (secondary N) is 1. The second-order valence-electron chi connectivity index (χ2n) is 3.17. The molecule has 0 aromatic heterocycles. The summed E-state index contributed by atoms with van der Waals surface area (Å²) >= 11 is 0. The van der Waals surface area contributed by atoms with Gasteiger partial charge in [-0.2, -0.15) is 0 Å². The Hall–Kier alpha value is -0.520. The SMILES string of the molecule is CC#CCNC(CCO)C(C)C. The van der Waals surface area contributed by atoms with E-state index < -0.39 is 0 Å². The van der Waals surface area contributed by atoms with Crippen LogP contribution in [-0.4, -0.2) is 24.3 Å². The molecule has 0 amide bonds. The van der Waals surface area contributed by atoms with E-state index in [2.05, 4.69) is 31.0 Å². The smallest absolute Gasteiger partial charge is 0.0578 e. The quantitative estimate of drug-likeness (QED) is 0.602. The van der Waals surface area contributed by atoms with Crippen LogP contribution in [0.1, 0.15) is 27.2 Å². The first-order chi connectivity index (χ1) is 5.72. The van der Waals surface area contributed by atoms with Gasteiger partial charge in [0, 0.05) is 12.6 Å². The maximum absolute atomic E-state index is 8.77. The number of rotatable bonds is 5. The number of aliphatic hydroxyl groups is 1. The lowest BCUT2D eigenvalue weighted by Gasteiger charge is -2.19. The van der Waals surface area contributed by atoms with Gasteiger partial charge in [-0.25, -0.2) is 0 Å². The van der Waals surface area contributed by atoms with Gasteiger partial charge in [0.2, 0.25) is 0 Å². The summed E-state index contributed by atoms with van der Waals surface area (Å²) in [6.07, 6.45) is 0.809. The Kier molecular flexibility index (Phi) is 6.84. The summed E-state index contributed by atoms with van der Waals surface area (Å²) in [6.45, 7) is 7.09. The molecule has 12 heavy (non-hydrogen) atoms. The Morgan fingerprint density at radius 2 is 2.08 bits per heavy atom. The summed E-state index contributed by atoms with van der Waals surface area (Å²) in [5, 5.41) is 12.1. The van der Waals surface area contributed by atoms with E-state index in [0.717, 1.165) is 13.0 Å². The van der Waals surface area contributed by atoms with Gasteiger partial charge >= 0.3 is 0 Å². The van der Waals surface area contributed by atoms with Crippen molar-refractivity contribution < 1.29 is 5.11 Å². The molecule has 2 heteroatoms. The molecule has 0 heterocycles. The van der Waals surface area contributed by atoms with Crippen molar-refractivity contribution in [2.45, 2.75) is 33.2 Å². The zero-order valence-corrected chi connectivity index (χ0v) is 8.22. The molecule has 0 spiro atoms. The summed E-state index contributed by atoms with van der Waals surface area (Å²) in [5.41, 5.74) is 0. The van der Waals surface area contributed by atoms with E-state index in [1.165, 1.54) is 0 Å². The van der Waals surface area contributed by atoms with E-state index in [1.54, 1.807) is 0 Å². The zero-order valence-electron chi connectivity index (χ0n) is 8.22. The van der Waals surface area contributed by atoms with Gasteiger partial charge in [0.1, 0.15) is 0 Å². The van der Waals surface area contributed by atoms with Gasteiger partial charge in [-0.3, -0.25) is 0 Å². The molecule has 1 atom stereocenters. The molecule has 0 bridgehead atoms. The molecule has 0 aromatic rings. The van der Waals surface area contributed by atoms with Crippen LogP contribution in [0.4, 0.5) is 0 Å². The third-order valence-electron chi connectivity index (χ3n) is 1.87. The van der Waals surface area contributed by atoms with E-state index in [0.29, 0.717) is 12.0 Å². The lowest BCUT2D eigenvalue weighted by molar-refractivity contribution is 0.247. The molecule has 0 rings (SSSR count). The van der Waals surface area contributed by atoms with Gasteiger partial charge < -0.3 is 10.4 Å². The fraction of sp³-hybridized carbons (Fsp3) is 0.800. The van der Waals surface area contributed by atoms with Crippen LogP contribution in [0.3, 0.4) is 0 Å². The summed E-state index contributed by atoms with van der Waals surface area (Å²) < 4.78 is 0. The van der Waals surface area contributed by atoms with Crippen molar-refractivity contribution in [1.82, 2.24) is 5.32 Å². The van der Waals surface area contributed by atoms with Crippen molar-refractivity contribution >= 4 is 0 Å². The van der Waals surface area contributed by atoms with Gasteiger partial charge in [0.25, 0.3) is 0 Å². The highest BCUT2D eigenvalue weighted by molar-refractivity contribution is 4.97. The summed E-state index contributed by atoms with van der Waals surface area (Å²) in [6, 6.07) is 0.385. The first kappa shape index (κ1) is 11.5. The van der Waals surface area contributed by atoms with Crippen molar-refractivity contribution in [3.8, 4) is 11.8 Å². The van der Waals surface area contributed by atoms with Crippen molar-refractivity contribution in [2.75, 3.05) is 13.2 Å². The molecule has 2 N–H and O–H groups in total. The second-order valence-corrected chi connectivity index (χ2v) is 3.17. The van der Waals surface area contributed by atoms with E-state index in [9.17, 15) is 0 Å². The third kappa shape index (κ3) is 5.17. The largest absolute Gasteiger partial charge is 0.396 e. The van der Waals surface area contributed by atoms with Gasteiger partial charge in [0.15, 0.2) is 0 Å². The normalized spacial score (nSPS) is 12.4. The van der Waals surface area contributed by atoms with E-state index in [4.69, 9.17) is 5.11 Å². The molecule has 0 fully saturated rings. The maximum Gasteiger partial charge on any atom is 0.0578 e. The van der Waals surface area contributed by atoms with Crippen LogP contribution in [0, 0.1) is 17.8 Å². The maximum atomic E-state index is 8.77. The summed E-state index contributed by atoms with van der Waals surface area (Å²) in [7, 11) is 0. The van der Waals surface area contributed by atoms with E-state index in [1.807, 2.05) is 6.92 Å². The third-order valence-corrected chi connectivity index (χ3v) is 1.87.